The Morgan fingerprint density at radius 3 is 3.06 bits per heavy atom. The topological polar surface area (TPSA) is 22.0 Å². The van der Waals surface area contributed by atoms with Crippen LogP contribution >= 0.6 is 23.4 Å². The van der Waals surface area contributed by atoms with Crippen LogP contribution in [0.4, 0.5) is 4.39 Å². The number of hydrogen-bond donors (Lipinski definition) is 0. The summed E-state index contributed by atoms with van der Waals surface area (Å²) < 4.78 is 15.3. The van der Waals surface area contributed by atoms with Crippen LogP contribution in [-0.2, 0) is 6.54 Å². The van der Waals surface area contributed by atoms with Crippen molar-refractivity contribution in [2.45, 2.75) is 11.6 Å². The molecule has 0 aliphatic carbocycles. The number of halogens is 2. The summed E-state index contributed by atoms with van der Waals surface area (Å²) in [7, 11) is 0. The average Bonchev–Trinajstić information content (AvgIpc) is 2.70. The number of aromatic nitrogens is 1. The molecule has 1 aromatic carbocycles. The van der Waals surface area contributed by atoms with Crippen LogP contribution in [0, 0.1) is 5.82 Å². The third kappa shape index (κ3) is 1.30. The van der Waals surface area contributed by atoms with Gasteiger partial charge in [-0.15, -0.1) is 11.8 Å². The van der Waals surface area contributed by atoms with E-state index in [0.29, 0.717) is 0 Å². The fourth-order valence-electron chi connectivity index (χ4n) is 1.97. The van der Waals surface area contributed by atoms with E-state index in [2.05, 4.69) is 0 Å². The number of fused-ring (bicyclic) bond motifs is 3. The molecule has 0 spiro atoms. The molecule has 0 atom stereocenters. The minimum Gasteiger partial charge on any atom is -0.335 e. The highest BCUT2D eigenvalue weighted by atomic mass is 35.5. The summed E-state index contributed by atoms with van der Waals surface area (Å²) in [5.74, 6) is 0.394. The van der Waals surface area contributed by atoms with Crippen molar-refractivity contribution < 1.29 is 4.39 Å². The minimum atomic E-state index is -0.544. The molecule has 0 unspecified atom stereocenters. The Hall–Kier alpha value is -1.00. The van der Waals surface area contributed by atoms with Gasteiger partial charge in [-0.1, -0.05) is 11.6 Å². The number of pyridine rings is 1. The lowest BCUT2D eigenvalue weighted by molar-refractivity contribution is 0.629. The van der Waals surface area contributed by atoms with Crippen LogP contribution in [-0.4, -0.2) is 10.3 Å². The summed E-state index contributed by atoms with van der Waals surface area (Å²) in [6, 6.07) is 4.46. The maximum Gasteiger partial charge on any atom is 0.192 e. The van der Waals surface area contributed by atoms with Crippen LogP contribution in [0.15, 0.2) is 28.0 Å². The van der Waals surface area contributed by atoms with Crippen LogP contribution in [0.3, 0.4) is 0 Å². The lowest BCUT2D eigenvalue weighted by Gasteiger charge is -2.09. The highest BCUT2D eigenvalue weighted by molar-refractivity contribution is 7.99. The number of nitrogens with zero attached hydrogens (tertiary/aromatic N) is 1. The molecule has 1 aliphatic heterocycles. The van der Waals surface area contributed by atoms with Gasteiger partial charge in [0.05, 0.1) is 21.0 Å². The van der Waals surface area contributed by atoms with Crippen LogP contribution in [0.2, 0.25) is 5.02 Å². The van der Waals surface area contributed by atoms with Crippen molar-refractivity contribution in [2.75, 3.05) is 5.75 Å². The maximum absolute atomic E-state index is 13.3. The molecule has 3 rings (SSSR count). The molecule has 0 amide bonds. The second-order valence-electron chi connectivity index (χ2n) is 3.60. The van der Waals surface area contributed by atoms with E-state index in [1.807, 2.05) is 4.57 Å². The summed E-state index contributed by atoms with van der Waals surface area (Å²) in [5, 5.41) is 1.14. The molecule has 1 aliphatic rings. The maximum atomic E-state index is 13.3. The van der Waals surface area contributed by atoms with Crippen molar-refractivity contribution in [1.82, 2.24) is 4.57 Å². The van der Waals surface area contributed by atoms with Gasteiger partial charge in [0.15, 0.2) is 5.43 Å². The summed E-state index contributed by atoms with van der Waals surface area (Å²) in [6.07, 6.45) is 0. The Bertz CT molecular complexity index is 652. The zero-order valence-corrected chi connectivity index (χ0v) is 9.74. The molecular formula is C11H7ClFNOS. The van der Waals surface area contributed by atoms with E-state index in [0.717, 1.165) is 22.8 Å². The third-order valence-corrected chi connectivity index (χ3v) is 4.09. The van der Waals surface area contributed by atoms with Crippen molar-refractivity contribution in [2.24, 2.45) is 0 Å². The smallest absolute Gasteiger partial charge is 0.192 e. The Labute approximate surface area is 100 Å². The van der Waals surface area contributed by atoms with Crippen LogP contribution in [0.25, 0.3) is 10.9 Å². The molecule has 2 aromatic rings. The molecule has 2 nitrogen and oxygen atoms in total. The Morgan fingerprint density at radius 2 is 2.25 bits per heavy atom. The van der Waals surface area contributed by atoms with Crippen molar-refractivity contribution >= 4 is 34.3 Å². The van der Waals surface area contributed by atoms with Gasteiger partial charge in [-0.25, -0.2) is 4.39 Å². The minimum absolute atomic E-state index is 0.0744. The predicted molar refractivity (Wildman–Crippen MR) is 63.9 cm³/mol. The van der Waals surface area contributed by atoms with E-state index in [1.54, 1.807) is 17.8 Å². The Morgan fingerprint density at radius 1 is 1.44 bits per heavy atom. The van der Waals surface area contributed by atoms with Gasteiger partial charge in [0.2, 0.25) is 0 Å². The first kappa shape index (κ1) is 10.2. The number of thioether (sulfide) groups is 1. The van der Waals surface area contributed by atoms with Crippen molar-refractivity contribution in [3.63, 3.8) is 0 Å². The van der Waals surface area contributed by atoms with E-state index >= 15 is 0 Å². The average molecular weight is 256 g/mol. The van der Waals surface area contributed by atoms with Gasteiger partial charge in [0.25, 0.3) is 0 Å². The molecule has 0 fully saturated rings. The molecule has 1 aromatic heterocycles. The van der Waals surface area contributed by atoms with Crippen LogP contribution in [0.5, 0.6) is 0 Å². The van der Waals surface area contributed by atoms with E-state index in [9.17, 15) is 9.18 Å². The van der Waals surface area contributed by atoms with Gasteiger partial charge in [0.1, 0.15) is 5.82 Å². The van der Waals surface area contributed by atoms with Gasteiger partial charge in [-0.2, -0.15) is 0 Å². The standard InChI is InChI=1S/C11H7ClFNOS/c12-11-6(13)1-2-7-10(11)8(15)5-9-14(7)3-4-16-9/h1-2,5H,3-4H2. The fourth-order valence-corrected chi connectivity index (χ4v) is 3.24. The largest absolute Gasteiger partial charge is 0.335 e. The lowest BCUT2D eigenvalue weighted by Crippen LogP contribution is -2.09. The molecule has 0 radical (unpaired) electrons. The second kappa shape index (κ2) is 3.50. The Balaban J connectivity index is 2.55. The predicted octanol–water partition coefficient (Wildman–Crippen LogP) is 2.90. The first-order chi connectivity index (χ1) is 7.68. The second-order valence-corrected chi connectivity index (χ2v) is 5.10. The Kier molecular flexibility index (Phi) is 2.23. The summed E-state index contributed by atoms with van der Waals surface area (Å²) >= 11 is 7.47. The van der Waals surface area contributed by atoms with Gasteiger partial charge < -0.3 is 4.57 Å². The SMILES string of the molecule is O=c1cc2n(c3ccc(F)c(Cl)c13)CCS2. The molecule has 0 N–H and O–H groups in total. The molecule has 5 heteroatoms. The monoisotopic (exact) mass is 255 g/mol. The summed E-state index contributed by atoms with van der Waals surface area (Å²) in [6.45, 7) is 0.832. The normalized spacial score (nSPS) is 14.4. The highest BCUT2D eigenvalue weighted by Crippen LogP contribution is 2.31. The van der Waals surface area contributed by atoms with Crippen LogP contribution < -0.4 is 5.43 Å². The molecule has 0 saturated heterocycles. The van der Waals surface area contributed by atoms with Crippen molar-refractivity contribution in [3.05, 3.63) is 39.3 Å². The number of hydrogen-bond acceptors (Lipinski definition) is 2. The van der Waals surface area contributed by atoms with Crippen LogP contribution in [0.1, 0.15) is 0 Å². The zero-order chi connectivity index (χ0) is 11.3. The van der Waals surface area contributed by atoms with E-state index in [-0.39, 0.29) is 15.8 Å². The van der Waals surface area contributed by atoms with E-state index < -0.39 is 5.82 Å². The first-order valence-corrected chi connectivity index (χ1v) is 6.19. The highest BCUT2D eigenvalue weighted by Gasteiger charge is 2.17. The number of benzene rings is 1. The zero-order valence-electron chi connectivity index (χ0n) is 8.17. The molecule has 0 saturated carbocycles. The quantitative estimate of drug-likeness (QED) is 0.722. The summed E-state index contributed by atoms with van der Waals surface area (Å²) in [4.78, 5) is 11.8. The van der Waals surface area contributed by atoms with E-state index in [4.69, 9.17) is 11.6 Å². The number of aryl methyl sites for hydroxylation is 1. The van der Waals surface area contributed by atoms with Gasteiger partial charge in [-0.05, 0) is 12.1 Å². The van der Waals surface area contributed by atoms with Gasteiger partial charge in [-0.3, -0.25) is 4.79 Å². The lowest BCUT2D eigenvalue weighted by atomic mass is 10.2. The molecule has 0 bridgehead atoms. The van der Waals surface area contributed by atoms with E-state index in [1.165, 1.54) is 12.1 Å². The third-order valence-electron chi connectivity index (χ3n) is 2.70. The molecule has 2 heterocycles. The van der Waals surface area contributed by atoms with Gasteiger partial charge >= 0.3 is 0 Å². The van der Waals surface area contributed by atoms with Gasteiger partial charge in [0, 0.05) is 18.4 Å². The summed E-state index contributed by atoms with van der Waals surface area (Å²) in [5.41, 5.74) is 0.513. The number of rotatable bonds is 0. The fraction of sp³-hybridized carbons (Fsp3) is 0.182. The first-order valence-electron chi connectivity index (χ1n) is 4.83. The molecular weight excluding hydrogens is 249 g/mol. The molecule has 82 valence electrons. The molecule has 16 heavy (non-hydrogen) atoms. The van der Waals surface area contributed by atoms with Crippen molar-refractivity contribution in [3.8, 4) is 0 Å². The van der Waals surface area contributed by atoms with Crippen molar-refractivity contribution in [1.29, 1.82) is 0 Å².